The lowest BCUT2D eigenvalue weighted by molar-refractivity contribution is 0.0886. The van der Waals surface area contributed by atoms with Gasteiger partial charge in [-0.05, 0) is 37.7 Å². The van der Waals surface area contributed by atoms with Crippen molar-refractivity contribution in [1.29, 1.82) is 0 Å². The zero-order valence-electron chi connectivity index (χ0n) is 16.5. The molecule has 1 fully saturated rings. The second kappa shape index (κ2) is 8.20. The van der Waals surface area contributed by atoms with Crippen molar-refractivity contribution in [3.05, 3.63) is 59.2 Å². The molecule has 0 radical (unpaired) electrons. The maximum Gasteiger partial charge on any atom is 0.251 e. The van der Waals surface area contributed by atoms with Crippen molar-refractivity contribution >= 4 is 5.91 Å². The Morgan fingerprint density at radius 1 is 1.04 bits per heavy atom. The molecule has 0 aromatic heterocycles. The SMILES string of the molecule is Cc1ccc([C@H](CNC(=O)c2ccc3c(c2)OCO3)N2CCN(C)CC2)cc1. The van der Waals surface area contributed by atoms with Gasteiger partial charge in [-0.2, -0.15) is 0 Å². The van der Waals surface area contributed by atoms with Crippen LogP contribution in [0.3, 0.4) is 0 Å². The molecule has 0 saturated carbocycles. The van der Waals surface area contributed by atoms with Crippen molar-refractivity contribution < 1.29 is 14.3 Å². The number of benzene rings is 2. The van der Waals surface area contributed by atoms with Gasteiger partial charge in [-0.3, -0.25) is 9.69 Å². The van der Waals surface area contributed by atoms with Gasteiger partial charge in [0.25, 0.3) is 5.91 Å². The third-order valence-corrected chi connectivity index (χ3v) is 5.53. The Labute approximate surface area is 166 Å². The van der Waals surface area contributed by atoms with E-state index in [-0.39, 0.29) is 18.7 Å². The number of ether oxygens (including phenoxy) is 2. The summed E-state index contributed by atoms with van der Waals surface area (Å²) in [5.74, 6) is 1.22. The zero-order valence-corrected chi connectivity index (χ0v) is 16.5. The standard InChI is InChI=1S/C22H27N3O3/c1-16-3-5-17(6-4-16)19(25-11-9-24(2)10-12-25)14-23-22(26)18-7-8-20-21(13-18)28-15-27-20/h3-8,13,19H,9-12,14-15H2,1-2H3,(H,23,26)/t19-/m0/s1. The Kier molecular flexibility index (Phi) is 5.50. The number of nitrogens with zero attached hydrogens (tertiary/aromatic N) is 2. The molecule has 1 saturated heterocycles. The van der Waals surface area contributed by atoms with Crippen LogP contribution < -0.4 is 14.8 Å². The fourth-order valence-corrected chi connectivity index (χ4v) is 3.71. The van der Waals surface area contributed by atoms with Crippen LogP contribution in [0.2, 0.25) is 0 Å². The van der Waals surface area contributed by atoms with Gasteiger partial charge in [-0.1, -0.05) is 29.8 Å². The summed E-state index contributed by atoms with van der Waals surface area (Å²) >= 11 is 0. The Balaban J connectivity index is 1.47. The largest absolute Gasteiger partial charge is 0.454 e. The molecule has 6 heteroatoms. The molecule has 6 nitrogen and oxygen atoms in total. The molecule has 0 spiro atoms. The molecule has 4 rings (SSSR count). The van der Waals surface area contributed by atoms with Gasteiger partial charge in [0.15, 0.2) is 11.5 Å². The first-order valence-corrected chi connectivity index (χ1v) is 9.77. The predicted octanol–water partition coefficient (Wildman–Crippen LogP) is 2.44. The number of nitrogens with one attached hydrogen (secondary N) is 1. The lowest BCUT2D eigenvalue weighted by Crippen LogP contribution is -2.48. The van der Waals surface area contributed by atoms with E-state index in [1.54, 1.807) is 18.2 Å². The third kappa shape index (κ3) is 4.13. The van der Waals surface area contributed by atoms with Crippen LogP contribution in [-0.2, 0) is 0 Å². The van der Waals surface area contributed by atoms with E-state index in [4.69, 9.17) is 9.47 Å². The Morgan fingerprint density at radius 3 is 2.50 bits per heavy atom. The lowest BCUT2D eigenvalue weighted by atomic mass is 10.0. The predicted molar refractivity (Wildman–Crippen MR) is 108 cm³/mol. The van der Waals surface area contributed by atoms with Gasteiger partial charge in [0, 0.05) is 38.3 Å². The Morgan fingerprint density at radius 2 is 1.75 bits per heavy atom. The van der Waals surface area contributed by atoms with E-state index in [1.807, 2.05) is 0 Å². The number of piperazine rings is 1. The van der Waals surface area contributed by atoms with Crippen molar-refractivity contribution in [3.8, 4) is 11.5 Å². The number of rotatable bonds is 5. The minimum absolute atomic E-state index is 0.0930. The molecular formula is C22H27N3O3. The molecular weight excluding hydrogens is 354 g/mol. The number of hydrogen-bond donors (Lipinski definition) is 1. The quantitative estimate of drug-likeness (QED) is 0.862. The summed E-state index contributed by atoms with van der Waals surface area (Å²) in [4.78, 5) is 17.5. The first-order chi connectivity index (χ1) is 13.6. The van der Waals surface area contributed by atoms with Crippen LogP contribution in [0.15, 0.2) is 42.5 Å². The highest BCUT2D eigenvalue weighted by atomic mass is 16.7. The number of hydrogen-bond acceptors (Lipinski definition) is 5. The second-order valence-electron chi connectivity index (χ2n) is 7.54. The number of amides is 1. The Hall–Kier alpha value is -2.57. The van der Waals surface area contributed by atoms with E-state index in [0.29, 0.717) is 23.6 Å². The van der Waals surface area contributed by atoms with Gasteiger partial charge in [0.05, 0.1) is 6.04 Å². The number of likely N-dealkylation sites (N-methyl/N-ethyl adjacent to an activating group) is 1. The summed E-state index contributed by atoms with van der Waals surface area (Å²) in [6, 6.07) is 14.1. The lowest BCUT2D eigenvalue weighted by Gasteiger charge is -2.38. The summed E-state index contributed by atoms with van der Waals surface area (Å²) in [7, 11) is 2.15. The molecule has 28 heavy (non-hydrogen) atoms. The summed E-state index contributed by atoms with van der Waals surface area (Å²) in [6.45, 7) is 6.94. The van der Waals surface area contributed by atoms with E-state index in [1.165, 1.54) is 11.1 Å². The zero-order chi connectivity index (χ0) is 19.5. The molecule has 2 heterocycles. The molecule has 2 aromatic carbocycles. The summed E-state index contributed by atoms with van der Waals surface area (Å²) in [5, 5.41) is 3.12. The number of fused-ring (bicyclic) bond motifs is 1. The van der Waals surface area contributed by atoms with E-state index in [9.17, 15) is 4.79 Å². The van der Waals surface area contributed by atoms with Gasteiger partial charge >= 0.3 is 0 Å². The summed E-state index contributed by atoms with van der Waals surface area (Å²) in [5.41, 5.74) is 3.07. The summed E-state index contributed by atoms with van der Waals surface area (Å²) in [6.07, 6.45) is 0. The highest BCUT2D eigenvalue weighted by Crippen LogP contribution is 2.32. The molecule has 2 aliphatic rings. The molecule has 1 atom stereocenters. The van der Waals surface area contributed by atoms with Crippen molar-refractivity contribution in [2.45, 2.75) is 13.0 Å². The van der Waals surface area contributed by atoms with Crippen LogP contribution in [0.1, 0.15) is 27.5 Å². The maximum atomic E-state index is 12.7. The van der Waals surface area contributed by atoms with Gasteiger partial charge in [-0.25, -0.2) is 0 Å². The van der Waals surface area contributed by atoms with E-state index >= 15 is 0 Å². The first-order valence-electron chi connectivity index (χ1n) is 9.77. The van der Waals surface area contributed by atoms with Gasteiger partial charge in [0.2, 0.25) is 6.79 Å². The molecule has 2 aromatic rings. The minimum Gasteiger partial charge on any atom is -0.454 e. The van der Waals surface area contributed by atoms with Gasteiger partial charge < -0.3 is 19.7 Å². The molecule has 0 bridgehead atoms. The van der Waals surface area contributed by atoms with Crippen molar-refractivity contribution in [1.82, 2.24) is 15.1 Å². The molecule has 0 unspecified atom stereocenters. The Bertz CT molecular complexity index is 829. The number of carbonyl (C=O) groups excluding carboxylic acids is 1. The maximum absolute atomic E-state index is 12.7. The molecule has 2 aliphatic heterocycles. The van der Waals surface area contributed by atoms with Gasteiger partial charge in [0.1, 0.15) is 0 Å². The third-order valence-electron chi connectivity index (χ3n) is 5.53. The van der Waals surface area contributed by atoms with Crippen molar-refractivity contribution in [2.24, 2.45) is 0 Å². The highest BCUT2D eigenvalue weighted by Gasteiger charge is 2.25. The van der Waals surface area contributed by atoms with Crippen LogP contribution in [-0.4, -0.2) is 62.3 Å². The molecule has 148 valence electrons. The van der Waals surface area contributed by atoms with E-state index < -0.39 is 0 Å². The topological polar surface area (TPSA) is 54.0 Å². The molecule has 1 N–H and O–H groups in total. The number of carbonyl (C=O) groups is 1. The minimum atomic E-state index is -0.0930. The monoisotopic (exact) mass is 381 g/mol. The summed E-state index contributed by atoms with van der Waals surface area (Å²) < 4.78 is 10.7. The number of aryl methyl sites for hydroxylation is 1. The highest BCUT2D eigenvalue weighted by molar-refractivity contribution is 5.95. The smallest absolute Gasteiger partial charge is 0.251 e. The average molecular weight is 381 g/mol. The normalized spacial score (nSPS) is 18.1. The average Bonchev–Trinajstić information content (AvgIpc) is 3.18. The van der Waals surface area contributed by atoms with Gasteiger partial charge in [-0.15, -0.1) is 0 Å². The fraction of sp³-hybridized carbons (Fsp3) is 0.409. The molecule has 0 aliphatic carbocycles. The van der Waals surface area contributed by atoms with Crippen LogP contribution >= 0.6 is 0 Å². The van der Waals surface area contributed by atoms with Crippen molar-refractivity contribution in [3.63, 3.8) is 0 Å². The fourth-order valence-electron chi connectivity index (χ4n) is 3.71. The van der Waals surface area contributed by atoms with E-state index in [0.717, 1.165) is 26.2 Å². The molecule has 1 amide bonds. The van der Waals surface area contributed by atoms with E-state index in [2.05, 4.69) is 53.4 Å². The van der Waals surface area contributed by atoms with Crippen LogP contribution in [0, 0.1) is 6.92 Å². The van der Waals surface area contributed by atoms with Crippen LogP contribution in [0.4, 0.5) is 0 Å². The van der Waals surface area contributed by atoms with Crippen LogP contribution in [0.25, 0.3) is 0 Å². The van der Waals surface area contributed by atoms with Crippen molar-refractivity contribution in [2.75, 3.05) is 46.6 Å². The first kappa shape index (κ1) is 18.8. The second-order valence-corrected chi connectivity index (χ2v) is 7.54. The van der Waals surface area contributed by atoms with Crippen LogP contribution in [0.5, 0.6) is 11.5 Å².